The number of piperazine rings is 1. The Morgan fingerprint density at radius 2 is 1.88 bits per heavy atom. The van der Waals surface area contributed by atoms with E-state index < -0.39 is 0 Å². The van der Waals surface area contributed by atoms with Crippen LogP contribution in [0.15, 0.2) is 22.8 Å². The zero-order valence-electron chi connectivity index (χ0n) is 15.0. The first-order chi connectivity index (χ1) is 12.3. The van der Waals surface area contributed by atoms with Gasteiger partial charge in [0.05, 0.1) is 12.3 Å². The standard InChI is InChI=1S/C19H30N4O2/c24-19(23-12-10-21(11-13-23)16-6-7-16)20-15-17(18-5-4-14-25-18)22-8-2-1-3-9-22/h4-5,14,16-17H,1-3,6-13,15H2,(H,20,24)/t17-/m1/s1. The molecule has 6 heteroatoms. The van der Waals surface area contributed by atoms with Crippen LogP contribution in [0.25, 0.3) is 0 Å². The molecular formula is C19H30N4O2. The van der Waals surface area contributed by atoms with Crippen LogP contribution in [-0.4, -0.2) is 72.6 Å². The number of carbonyl (C=O) groups excluding carboxylic acids is 1. The van der Waals surface area contributed by atoms with Crippen LogP contribution in [-0.2, 0) is 0 Å². The smallest absolute Gasteiger partial charge is 0.317 e. The average molecular weight is 346 g/mol. The summed E-state index contributed by atoms with van der Waals surface area (Å²) in [5.41, 5.74) is 0. The molecule has 0 spiro atoms. The summed E-state index contributed by atoms with van der Waals surface area (Å²) in [6.45, 7) is 6.52. The van der Waals surface area contributed by atoms with Crippen molar-refractivity contribution >= 4 is 6.03 Å². The van der Waals surface area contributed by atoms with Crippen molar-refractivity contribution in [1.82, 2.24) is 20.0 Å². The quantitative estimate of drug-likeness (QED) is 0.889. The molecule has 1 aromatic rings. The van der Waals surface area contributed by atoms with E-state index in [-0.39, 0.29) is 12.1 Å². The van der Waals surface area contributed by atoms with Crippen molar-refractivity contribution in [2.45, 2.75) is 44.2 Å². The van der Waals surface area contributed by atoms with Crippen LogP contribution in [0.3, 0.4) is 0 Å². The van der Waals surface area contributed by atoms with Gasteiger partial charge in [-0.05, 0) is 50.9 Å². The Balaban J connectivity index is 1.30. The Labute approximate surface area is 150 Å². The maximum absolute atomic E-state index is 12.6. The van der Waals surface area contributed by atoms with Crippen molar-refractivity contribution in [3.05, 3.63) is 24.2 Å². The van der Waals surface area contributed by atoms with Crippen molar-refractivity contribution in [3.63, 3.8) is 0 Å². The maximum Gasteiger partial charge on any atom is 0.317 e. The van der Waals surface area contributed by atoms with Gasteiger partial charge >= 0.3 is 6.03 Å². The highest BCUT2D eigenvalue weighted by Gasteiger charge is 2.32. The molecule has 0 bridgehead atoms. The van der Waals surface area contributed by atoms with Gasteiger partial charge in [0.2, 0.25) is 0 Å². The Bertz CT molecular complexity index is 544. The molecule has 1 N–H and O–H groups in total. The van der Waals surface area contributed by atoms with Crippen molar-refractivity contribution in [2.24, 2.45) is 0 Å². The van der Waals surface area contributed by atoms with Gasteiger partial charge in [-0.2, -0.15) is 0 Å². The summed E-state index contributed by atoms with van der Waals surface area (Å²) in [5.74, 6) is 0.959. The van der Waals surface area contributed by atoms with Gasteiger partial charge in [0.1, 0.15) is 5.76 Å². The zero-order chi connectivity index (χ0) is 17.1. The van der Waals surface area contributed by atoms with E-state index in [1.54, 1.807) is 6.26 Å². The fraction of sp³-hybridized carbons (Fsp3) is 0.737. The lowest BCUT2D eigenvalue weighted by molar-refractivity contribution is 0.123. The van der Waals surface area contributed by atoms with Crippen molar-refractivity contribution in [2.75, 3.05) is 45.8 Å². The van der Waals surface area contributed by atoms with Gasteiger partial charge in [0, 0.05) is 38.8 Å². The molecule has 2 aliphatic heterocycles. The van der Waals surface area contributed by atoms with E-state index in [9.17, 15) is 4.79 Å². The molecule has 1 aromatic heterocycles. The lowest BCUT2D eigenvalue weighted by atomic mass is 10.1. The molecule has 138 valence electrons. The normalized spacial score (nSPS) is 24.2. The largest absolute Gasteiger partial charge is 0.468 e. The maximum atomic E-state index is 12.6. The van der Waals surface area contributed by atoms with Crippen molar-refractivity contribution < 1.29 is 9.21 Å². The van der Waals surface area contributed by atoms with E-state index in [4.69, 9.17) is 4.42 Å². The predicted octanol–water partition coefficient (Wildman–Crippen LogP) is 2.30. The molecule has 3 heterocycles. The van der Waals surface area contributed by atoms with Gasteiger partial charge in [0.25, 0.3) is 0 Å². The third kappa shape index (κ3) is 4.18. The van der Waals surface area contributed by atoms with Crippen LogP contribution in [0.5, 0.6) is 0 Å². The van der Waals surface area contributed by atoms with Crippen LogP contribution in [0, 0.1) is 0 Å². The van der Waals surface area contributed by atoms with Crippen LogP contribution >= 0.6 is 0 Å². The van der Waals surface area contributed by atoms with E-state index in [1.165, 1.54) is 32.1 Å². The molecule has 1 saturated carbocycles. The minimum absolute atomic E-state index is 0.0732. The lowest BCUT2D eigenvalue weighted by Crippen LogP contribution is -2.53. The number of rotatable bonds is 5. The predicted molar refractivity (Wildman–Crippen MR) is 96.4 cm³/mol. The Kier molecular flexibility index (Phi) is 5.27. The fourth-order valence-electron chi connectivity index (χ4n) is 4.15. The van der Waals surface area contributed by atoms with Crippen molar-refractivity contribution in [3.8, 4) is 0 Å². The van der Waals surface area contributed by atoms with E-state index in [2.05, 4.69) is 15.1 Å². The van der Waals surface area contributed by atoms with Gasteiger partial charge in [-0.1, -0.05) is 6.42 Å². The first kappa shape index (κ1) is 16.9. The summed E-state index contributed by atoms with van der Waals surface area (Å²) < 4.78 is 5.66. The van der Waals surface area contributed by atoms with Gasteiger partial charge < -0.3 is 14.6 Å². The Hall–Kier alpha value is -1.53. The molecule has 1 atom stereocenters. The molecular weight excluding hydrogens is 316 g/mol. The van der Waals surface area contributed by atoms with E-state index in [0.717, 1.165) is 51.1 Å². The van der Waals surface area contributed by atoms with Crippen LogP contribution < -0.4 is 5.32 Å². The third-order valence-electron chi connectivity index (χ3n) is 5.81. The number of nitrogens with one attached hydrogen (secondary N) is 1. The third-order valence-corrected chi connectivity index (χ3v) is 5.81. The topological polar surface area (TPSA) is 52.0 Å². The number of piperidine rings is 1. The van der Waals surface area contributed by atoms with E-state index in [1.807, 2.05) is 17.0 Å². The molecule has 2 saturated heterocycles. The van der Waals surface area contributed by atoms with Gasteiger partial charge in [-0.3, -0.25) is 9.80 Å². The number of carbonyl (C=O) groups is 1. The zero-order valence-corrected chi connectivity index (χ0v) is 15.0. The summed E-state index contributed by atoms with van der Waals surface area (Å²) in [4.78, 5) is 19.5. The summed E-state index contributed by atoms with van der Waals surface area (Å²) in [6.07, 6.45) is 8.17. The summed E-state index contributed by atoms with van der Waals surface area (Å²) in [7, 11) is 0. The molecule has 0 unspecified atom stereocenters. The average Bonchev–Trinajstić information content (AvgIpc) is 3.38. The second kappa shape index (κ2) is 7.79. The van der Waals surface area contributed by atoms with Crippen LogP contribution in [0.4, 0.5) is 4.79 Å². The number of urea groups is 1. The Morgan fingerprint density at radius 3 is 2.52 bits per heavy atom. The minimum Gasteiger partial charge on any atom is -0.468 e. The molecule has 6 nitrogen and oxygen atoms in total. The van der Waals surface area contributed by atoms with Crippen LogP contribution in [0.2, 0.25) is 0 Å². The van der Waals surface area contributed by atoms with E-state index in [0.29, 0.717) is 6.54 Å². The molecule has 0 radical (unpaired) electrons. The number of furan rings is 1. The van der Waals surface area contributed by atoms with Gasteiger partial charge in [-0.25, -0.2) is 4.79 Å². The Morgan fingerprint density at radius 1 is 1.12 bits per heavy atom. The molecule has 25 heavy (non-hydrogen) atoms. The highest BCUT2D eigenvalue weighted by Crippen LogP contribution is 2.27. The minimum atomic E-state index is 0.0732. The molecule has 1 aliphatic carbocycles. The van der Waals surface area contributed by atoms with E-state index >= 15 is 0 Å². The number of hydrogen-bond donors (Lipinski definition) is 1. The first-order valence-corrected chi connectivity index (χ1v) is 9.85. The monoisotopic (exact) mass is 346 g/mol. The number of hydrogen-bond acceptors (Lipinski definition) is 4. The summed E-state index contributed by atoms with van der Waals surface area (Å²) in [6, 6.07) is 4.98. The second-order valence-corrected chi connectivity index (χ2v) is 7.57. The van der Waals surface area contributed by atoms with Crippen molar-refractivity contribution in [1.29, 1.82) is 0 Å². The molecule has 2 amide bonds. The first-order valence-electron chi connectivity index (χ1n) is 9.85. The molecule has 0 aromatic carbocycles. The van der Waals surface area contributed by atoms with Crippen LogP contribution in [0.1, 0.15) is 43.9 Å². The molecule has 3 aliphatic rings. The SMILES string of the molecule is O=C(NC[C@H](c1ccco1)N1CCCCC1)N1CCN(C2CC2)CC1. The summed E-state index contributed by atoms with van der Waals surface area (Å²) in [5, 5.41) is 3.16. The second-order valence-electron chi connectivity index (χ2n) is 7.57. The van der Waals surface area contributed by atoms with Gasteiger partial charge in [0.15, 0.2) is 0 Å². The number of likely N-dealkylation sites (tertiary alicyclic amines) is 1. The van der Waals surface area contributed by atoms with Gasteiger partial charge in [-0.15, -0.1) is 0 Å². The fourth-order valence-corrected chi connectivity index (χ4v) is 4.15. The molecule has 4 rings (SSSR count). The number of nitrogens with zero attached hydrogens (tertiary/aromatic N) is 3. The summed E-state index contributed by atoms with van der Waals surface area (Å²) >= 11 is 0. The highest BCUT2D eigenvalue weighted by atomic mass is 16.3. The highest BCUT2D eigenvalue weighted by molar-refractivity contribution is 5.74. The lowest BCUT2D eigenvalue weighted by Gasteiger charge is -2.36. The molecule has 3 fully saturated rings. The number of amides is 2.